The zero-order valence-corrected chi connectivity index (χ0v) is 15.6. The Morgan fingerprint density at radius 2 is 1.83 bits per heavy atom. The highest BCUT2D eigenvalue weighted by molar-refractivity contribution is 5.76. The smallest absolute Gasteiger partial charge is 0.416 e. The Bertz CT molecular complexity index is 992. The van der Waals surface area contributed by atoms with Crippen molar-refractivity contribution in [1.82, 2.24) is 15.1 Å². The summed E-state index contributed by atoms with van der Waals surface area (Å²) >= 11 is 0. The van der Waals surface area contributed by atoms with Gasteiger partial charge in [-0.2, -0.15) is 18.4 Å². The zero-order chi connectivity index (χ0) is 20.9. The van der Waals surface area contributed by atoms with Gasteiger partial charge >= 0.3 is 6.18 Å². The SMILES string of the molecule is CCN(C#N)CCc1nnc(-c2ccccc2Nc2ccc(C(F)(F)F)cc2)o1. The van der Waals surface area contributed by atoms with Crippen molar-refractivity contribution >= 4 is 11.4 Å². The summed E-state index contributed by atoms with van der Waals surface area (Å²) in [6.07, 6.45) is -1.87. The maximum absolute atomic E-state index is 12.7. The molecule has 0 atom stereocenters. The summed E-state index contributed by atoms with van der Waals surface area (Å²) in [5.41, 5.74) is 1.03. The van der Waals surface area contributed by atoms with Crippen LogP contribution in [-0.2, 0) is 12.6 Å². The molecule has 1 heterocycles. The lowest BCUT2D eigenvalue weighted by Crippen LogP contribution is -2.19. The Hall–Kier alpha value is -3.54. The monoisotopic (exact) mass is 401 g/mol. The van der Waals surface area contributed by atoms with Crippen molar-refractivity contribution in [2.24, 2.45) is 0 Å². The van der Waals surface area contributed by atoms with Crippen molar-refractivity contribution in [3.05, 3.63) is 60.0 Å². The predicted octanol–water partition coefficient (Wildman–Crippen LogP) is 4.84. The van der Waals surface area contributed by atoms with E-state index in [1.165, 1.54) is 12.1 Å². The summed E-state index contributed by atoms with van der Waals surface area (Å²) in [7, 11) is 0. The summed E-state index contributed by atoms with van der Waals surface area (Å²) in [6, 6.07) is 11.9. The van der Waals surface area contributed by atoms with Gasteiger partial charge < -0.3 is 14.6 Å². The summed E-state index contributed by atoms with van der Waals surface area (Å²) in [5.74, 6) is 0.688. The molecule has 0 spiro atoms. The van der Waals surface area contributed by atoms with Crippen LogP contribution in [0.2, 0.25) is 0 Å². The summed E-state index contributed by atoms with van der Waals surface area (Å²) in [5, 5.41) is 20.1. The number of alkyl halides is 3. The first-order valence-corrected chi connectivity index (χ1v) is 8.91. The second-order valence-electron chi connectivity index (χ2n) is 6.18. The minimum Gasteiger partial charge on any atom is -0.421 e. The molecule has 0 saturated carbocycles. The van der Waals surface area contributed by atoms with Crippen LogP contribution in [0.5, 0.6) is 0 Å². The average Bonchev–Trinajstić information content (AvgIpc) is 3.18. The fourth-order valence-corrected chi connectivity index (χ4v) is 2.65. The van der Waals surface area contributed by atoms with Gasteiger partial charge in [-0.1, -0.05) is 12.1 Å². The number of aromatic nitrogens is 2. The molecule has 2 aromatic carbocycles. The summed E-state index contributed by atoms with van der Waals surface area (Å²) in [4.78, 5) is 1.57. The number of para-hydroxylation sites is 1. The van der Waals surface area contributed by atoms with Crippen LogP contribution in [0, 0.1) is 11.5 Å². The molecular weight excluding hydrogens is 383 g/mol. The van der Waals surface area contributed by atoms with E-state index in [2.05, 4.69) is 21.7 Å². The number of hydrogen-bond acceptors (Lipinski definition) is 6. The number of nitriles is 1. The molecule has 0 aliphatic rings. The van der Waals surface area contributed by atoms with Crippen LogP contribution in [0.25, 0.3) is 11.5 Å². The molecule has 9 heteroatoms. The molecule has 150 valence electrons. The molecule has 0 amide bonds. The van der Waals surface area contributed by atoms with Crippen LogP contribution in [0.1, 0.15) is 18.4 Å². The van der Waals surface area contributed by atoms with E-state index in [1.807, 2.05) is 6.92 Å². The largest absolute Gasteiger partial charge is 0.421 e. The minimum atomic E-state index is -4.38. The molecule has 1 aromatic heterocycles. The standard InChI is InChI=1S/C20H18F3N5O/c1-2-28(13-24)12-11-18-26-27-19(29-18)16-5-3-4-6-17(16)25-15-9-7-14(8-10-15)20(21,22)23/h3-10,25H,2,11-12H2,1H3. The highest BCUT2D eigenvalue weighted by Gasteiger charge is 2.30. The fourth-order valence-electron chi connectivity index (χ4n) is 2.65. The van der Waals surface area contributed by atoms with Gasteiger partial charge in [0.05, 0.1) is 16.8 Å². The van der Waals surface area contributed by atoms with Crippen molar-refractivity contribution in [1.29, 1.82) is 5.26 Å². The molecule has 3 aromatic rings. The van der Waals surface area contributed by atoms with Crippen molar-refractivity contribution < 1.29 is 17.6 Å². The number of benzene rings is 2. The lowest BCUT2D eigenvalue weighted by atomic mass is 10.1. The molecule has 0 aliphatic heterocycles. The molecule has 6 nitrogen and oxygen atoms in total. The number of anilines is 2. The van der Waals surface area contributed by atoms with Crippen molar-refractivity contribution in [3.8, 4) is 17.6 Å². The molecule has 0 radical (unpaired) electrons. The molecule has 0 saturated heterocycles. The van der Waals surface area contributed by atoms with Gasteiger partial charge in [-0.05, 0) is 43.3 Å². The van der Waals surface area contributed by atoms with Gasteiger partial charge in [-0.25, -0.2) is 0 Å². The number of rotatable bonds is 7. The molecule has 0 unspecified atom stereocenters. The van der Waals surface area contributed by atoms with Gasteiger partial charge in [-0.15, -0.1) is 10.2 Å². The number of likely N-dealkylation sites (N-methyl/N-ethyl adjacent to an activating group) is 1. The first kappa shape index (κ1) is 20.2. The Labute approximate surface area is 165 Å². The number of nitrogens with one attached hydrogen (secondary N) is 1. The predicted molar refractivity (Wildman–Crippen MR) is 101 cm³/mol. The van der Waals surface area contributed by atoms with Crippen LogP contribution < -0.4 is 5.32 Å². The van der Waals surface area contributed by atoms with Gasteiger partial charge in [0.1, 0.15) is 0 Å². The fraction of sp³-hybridized carbons (Fsp3) is 0.250. The van der Waals surface area contributed by atoms with Gasteiger partial charge in [0, 0.05) is 25.2 Å². The maximum atomic E-state index is 12.7. The van der Waals surface area contributed by atoms with Crippen molar-refractivity contribution in [2.45, 2.75) is 19.5 Å². The molecule has 0 fully saturated rings. The third kappa shape index (κ3) is 5.04. The van der Waals surface area contributed by atoms with Gasteiger partial charge in [0.2, 0.25) is 11.8 Å². The quantitative estimate of drug-likeness (QED) is 0.451. The average molecular weight is 401 g/mol. The molecule has 3 rings (SSSR count). The van der Waals surface area contributed by atoms with Crippen molar-refractivity contribution in [2.75, 3.05) is 18.4 Å². The van der Waals surface area contributed by atoms with E-state index in [4.69, 9.17) is 9.68 Å². The topological polar surface area (TPSA) is 78.0 Å². The van der Waals surface area contributed by atoms with E-state index in [1.54, 1.807) is 29.2 Å². The molecule has 29 heavy (non-hydrogen) atoms. The second kappa shape index (κ2) is 8.65. The maximum Gasteiger partial charge on any atom is 0.416 e. The zero-order valence-electron chi connectivity index (χ0n) is 15.6. The highest BCUT2D eigenvalue weighted by atomic mass is 19.4. The van der Waals surface area contributed by atoms with E-state index in [0.717, 1.165) is 12.1 Å². The summed E-state index contributed by atoms with van der Waals surface area (Å²) < 4.78 is 43.9. The Morgan fingerprint density at radius 3 is 2.48 bits per heavy atom. The highest BCUT2D eigenvalue weighted by Crippen LogP contribution is 2.32. The Balaban J connectivity index is 1.77. The third-order valence-electron chi connectivity index (χ3n) is 4.23. The van der Waals surface area contributed by atoms with Gasteiger partial charge in [-0.3, -0.25) is 0 Å². The van der Waals surface area contributed by atoms with Crippen molar-refractivity contribution in [3.63, 3.8) is 0 Å². The second-order valence-corrected chi connectivity index (χ2v) is 6.18. The van der Waals surface area contributed by atoms with Crippen LogP contribution >= 0.6 is 0 Å². The molecule has 1 N–H and O–H groups in total. The number of nitrogens with zero attached hydrogens (tertiary/aromatic N) is 4. The van der Waals surface area contributed by atoms with E-state index < -0.39 is 11.7 Å². The lowest BCUT2D eigenvalue weighted by Gasteiger charge is -2.11. The Kier molecular flexibility index (Phi) is 6.02. The minimum absolute atomic E-state index is 0.287. The van der Waals surface area contributed by atoms with Crippen LogP contribution in [-0.4, -0.2) is 28.2 Å². The van der Waals surface area contributed by atoms with Crippen LogP contribution in [0.15, 0.2) is 52.9 Å². The lowest BCUT2D eigenvalue weighted by molar-refractivity contribution is -0.137. The third-order valence-corrected chi connectivity index (χ3v) is 4.23. The first-order valence-electron chi connectivity index (χ1n) is 8.91. The van der Waals surface area contributed by atoms with Crippen LogP contribution in [0.3, 0.4) is 0 Å². The van der Waals surface area contributed by atoms with Gasteiger partial charge in [0.25, 0.3) is 0 Å². The van der Waals surface area contributed by atoms with E-state index >= 15 is 0 Å². The number of hydrogen-bond donors (Lipinski definition) is 1. The molecule has 0 bridgehead atoms. The van der Waals surface area contributed by atoms with E-state index in [-0.39, 0.29) is 5.89 Å². The first-order chi connectivity index (χ1) is 13.9. The molecule has 0 aliphatic carbocycles. The van der Waals surface area contributed by atoms with E-state index in [9.17, 15) is 13.2 Å². The number of halogens is 3. The van der Waals surface area contributed by atoms with E-state index in [0.29, 0.717) is 42.3 Å². The normalized spacial score (nSPS) is 11.1. The summed E-state index contributed by atoms with van der Waals surface area (Å²) in [6.45, 7) is 2.95. The molecular formula is C20H18F3N5O. The Morgan fingerprint density at radius 1 is 1.10 bits per heavy atom. The van der Waals surface area contributed by atoms with Gasteiger partial charge in [0.15, 0.2) is 6.19 Å². The van der Waals surface area contributed by atoms with Crippen LogP contribution in [0.4, 0.5) is 24.5 Å².